The van der Waals surface area contributed by atoms with Gasteiger partial charge >= 0.3 is 6.18 Å². The number of nitrogens with one attached hydrogen (secondary N) is 1. The van der Waals surface area contributed by atoms with E-state index in [1.165, 1.54) is 30.2 Å². The molecule has 3 aromatic rings. The second kappa shape index (κ2) is 8.56. The highest BCUT2D eigenvalue weighted by atomic mass is 19.4. The van der Waals surface area contributed by atoms with Crippen molar-refractivity contribution >= 4 is 11.7 Å². The number of aromatic nitrogens is 5. The van der Waals surface area contributed by atoms with Crippen LogP contribution in [0.2, 0.25) is 0 Å². The second-order valence-corrected chi connectivity index (χ2v) is 7.79. The van der Waals surface area contributed by atoms with Gasteiger partial charge in [0.2, 0.25) is 5.82 Å². The number of benzene rings is 1. The maximum absolute atomic E-state index is 13.4. The summed E-state index contributed by atoms with van der Waals surface area (Å²) >= 11 is 0. The molecule has 0 bridgehead atoms. The summed E-state index contributed by atoms with van der Waals surface area (Å²) in [6.45, 7) is 4.27. The number of likely N-dealkylation sites (tertiary alicyclic amines) is 1. The minimum atomic E-state index is -4.63. The van der Waals surface area contributed by atoms with Crippen molar-refractivity contribution in [1.29, 1.82) is 0 Å². The molecule has 0 spiro atoms. The van der Waals surface area contributed by atoms with Crippen molar-refractivity contribution in [2.75, 3.05) is 18.4 Å². The van der Waals surface area contributed by atoms with Gasteiger partial charge in [0.05, 0.1) is 23.6 Å². The van der Waals surface area contributed by atoms with Crippen LogP contribution in [0.25, 0.3) is 5.69 Å². The van der Waals surface area contributed by atoms with Gasteiger partial charge in [-0.05, 0) is 38.8 Å². The summed E-state index contributed by atoms with van der Waals surface area (Å²) in [5.74, 6) is -1.26. The van der Waals surface area contributed by atoms with E-state index in [4.69, 9.17) is 0 Å². The fourth-order valence-electron chi connectivity index (χ4n) is 3.76. The Bertz CT molecular complexity index is 1120. The Morgan fingerprint density at radius 2 is 1.88 bits per heavy atom. The Hall–Kier alpha value is -3.50. The van der Waals surface area contributed by atoms with E-state index in [1.807, 2.05) is 13.0 Å². The third-order valence-corrected chi connectivity index (χ3v) is 5.19. The quantitative estimate of drug-likeness (QED) is 0.662. The fraction of sp³-hybridized carbons (Fsp3) is 0.381. The van der Waals surface area contributed by atoms with Crippen molar-refractivity contribution in [1.82, 2.24) is 29.9 Å². The molecule has 4 rings (SSSR count). The largest absolute Gasteiger partial charge is 0.451 e. The van der Waals surface area contributed by atoms with Gasteiger partial charge in [-0.15, -0.1) is 0 Å². The summed E-state index contributed by atoms with van der Waals surface area (Å²) in [6, 6.07) is 6.70. The first kappa shape index (κ1) is 21.7. The number of carbonyl (C=O) groups is 1. The molecule has 0 unspecified atom stereocenters. The smallest absolute Gasteiger partial charge is 0.365 e. The summed E-state index contributed by atoms with van der Waals surface area (Å²) in [5, 5.41) is 11.3. The van der Waals surface area contributed by atoms with Crippen molar-refractivity contribution in [3.05, 3.63) is 59.3 Å². The molecule has 11 heteroatoms. The van der Waals surface area contributed by atoms with Crippen molar-refractivity contribution in [3.8, 4) is 5.69 Å². The Labute approximate surface area is 182 Å². The lowest BCUT2D eigenvalue weighted by atomic mass is 10.0. The molecule has 1 atom stereocenters. The van der Waals surface area contributed by atoms with Gasteiger partial charge in [0, 0.05) is 30.9 Å². The maximum atomic E-state index is 13.4. The number of anilines is 1. The van der Waals surface area contributed by atoms with Crippen molar-refractivity contribution in [2.24, 2.45) is 0 Å². The zero-order valence-electron chi connectivity index (χ0n) is 17.6. The third-order valence-electron chi connectivity index (χ3n) is 5.19. The lowest BCUT2D eigenvalue weighted by molar-refractivity contribution is -0.145. The average molecular weight is 445 g/mol. The minimum absolute atomic E-state index is 0.0982. The molecule has 3 heterocycles. The molecule has 1 amide bonds. The Kier molecular flexibility index (Phi) is 5.81. The zero-order valence-corrected chi connectivity index (χ0v) is 17.6. The normalized spacial score (nSPS) is 16.8. The van der Waals surface area contributed by atoms with E-state index in [1.54, 1.807) is 17.0 Å². The van der Waals surface area contributed by atoms with Crippen LogP contribution in [-0.4, -0.2) is 54.9 Å². The third kappa shape index (κ3) is 4.71. The summed E-state index contributed by atoms with van der Waals surface area (Å²) in [5.41, 5.74) is 2.18. The highest BCUT2D eigenvalue weighted by Gasteiger charge is 2.35. The highest BCUT2D eigenvalue weighted by molar-refractivity contribution is 5.98. The molecule has 1 aliphatic heterocycles. The van der Waals surface area contributed by atoms with E-state index >= 15 is 0 Å². The summed E-state index contributed by atoms with van der Waals surface area (Å²) < 4.78 is 39.2. The molecule has 1 fully saturated rings. The van der Waals surface area contributed by atoms with Crippen LogP contribution in [0.5, 0.6) is 0 Å². The number of nitrogens with zero attached hydrogens (tertiary/aromatic N) is 6. The SMILES string of the molecule is Cc1ccc(-n2nccn2)c(C(=O)N2CCC[C@@H](Nc3cc(C)nc(C(F)(F)F)n3)C2)c1. The van der Waals surface area contributed by atoms with Crippen LogP contribution in [0.3, 0.4) is 0 Å². The highest BCUT2D eigenvalue weighted by Crippen LogP contribution is 2.28. The lowest BCUT2D eigenvalue weighted by Crippen LogP contribution is -2.45. The number of alkyl halides is 3. The van der Waals surface area contributed by atoms with Gasteiger partial charge < -0.3 is 10.2 Å². The van der Waals surface area contributed by atoms with Gasteiger partial charge in [0.1, 0.15) is 5.82 Å². The first-order valence-corrected chi connectivity index (χ1v) is 10.2. The Balaban J connectivity index is 1.54. The van der Waals surface area contributed by atoms with Crippen LogP contribution < -0.4 is 5.32 Å². The molecule has 32 heavy (non-hydrogen) atoms. The first-order chi connectivity index (χ1) is 15.2. The Morgan fingerprint density at radius 3 is 2.59 bits per heavy atom. The van der Waals surface area contributed by atoms with Gasteiger partial charge in [-0.3, -0.25) is 4.79 Å². The van der Waals surface area contributed by atoms with Crippen LogP contribution >= 0.6 is 0 Å². The molecule has 1 aromatic carbocycles. The molecule has 1 aliphatic rings. The van der Waals surface area contributed by atoms with Gasteiger partial charge in [-0.1, -0.05) is 11.6 Å². The monoisotopic (exact) mass is 445 g/mol. The molecule has 1 N–H and O–H groups in total. The van der Waals surface area contributed by atoms with Crippen LogP contribution in [0.15, 0.2) is 36.7 Å². The van der Waals surface area contributed by atoms with Crippen LogP contribution in [0, 0.1) is 13.8 Å². The fourth-order valence-corrected chi connectivity index (χ4v) is 3.76. The van der Waals surface area contributed by atoms with Gasteiger partial charge in [-0.25, -0.2) is 9.97 Å². The number of hydrogen-bond donors (Lipinski definition) is 1. The summed E-state index contributed by atoms with van der Waals surface area (Å²) in [4.78, 5) is 23.5. The van der Waals surface area contributed by atoms with E-state index < -0.39 is 12.0 Å². The minimum Gasteiger partial charge on any atom is -0.365 e. The summed E-state index contributed by atoms with van der Waals surface area (Å²) in [6.07, 6.45) is -0.142. The Morgan fingerprint density at radius 1 is 1.12 bits per heavy atom. The molecular formula is C21H22F3N7O. The van der Waals surface area contributed by atoms with Crippen LogP contribution in [-0.2, 0) is 6.18 Å². The molecule has 1 saturated heterocycles. The van der Waals surface area contributed by atoms with Crippen LogP contribution in [0.4, 0.5) is 19.0 Å². The molecule has 8 nitrogen and oxygen atoms in total. The number of hydrogen-bond acceptors (Lipinski definition) is 6. The maximum Gasteiger partial charge on any atom is 0.451 e. The number of amides is 1. The lowest BCUT2D eigenvalue weighted by Gasteiger charge is -2.34. The number of rotatable bonds is 4. The molecule has 0 saturated carbocycles. The average Bonchev–Trinajstić information content (AvgIpc) is 3.27. The number of halogens is 3. The molecule has 0 aliphatic carbocycles. The number of piperidine rings is 1. The first-order valence-electron chi connectivity index (χ1n) is 10.2. The van der Waals surface area contributed by atoms with E-state index in [0.29, 0.717) is 37.2 Å². The molecule has 2 aromatic heterocycles. The van der Waals surface area contributed by atoms with Gasteiger partial charge in [-0.2, -0.15) is 28.2 Å². The van der Waals surface area contributed by atoms with Crippen molar-refractivity contribution in [3.63, 3.8) is 0 Å². The molecule has 168 valence electrons. The van der Waals surface area contributed by atoms with Crippen LogP contribution in [0.1, 0.15) is 40.3 Å². The zero-order chi connectivity index (χ0) is 22.9. The van der Waals surface area contributed by atoms with Gasteiger partial charge in [0.15, 0.2) is 0 Å². The van der Waals surface area contributed by atoms with E-state index in [2.05, 4.69) is 25.5 Å². The molecule has 0 radical (unpaired) electrons. The number of aryl methyl sites for hydroxylation is 2. The standard InChI is InChI=1S/C21H22F3N7O/c1-13-5-6-17(31-25-7-8-26-31)16(10-13)19(32)30-9-3-4-15(12-30)28-18-11-14(2)27-20(29-18)21(22,23)24/h5-8,10-11,15H,3-4,9,12H2,1-2H3,(H,27,28,29)/t15-/m1/s1. The summed E-state index contributed by atoms with van der Waals surface area (Å²) in [7, 11) is 0. The predicted molar refractivity (Wildman–Crippen MR) is 110 cm³/mol. The van der Waals surface area contributed by atoms with E-state index in [0.717, 1.165) is 5.56 Å². The van der Waals surface area contributed by atoms with Gasteiger partial charge in [0.25, 0.3) is 5.91 Å². The van der Waals surface area contributed by atoms with Crippen molar-refractivity contribution in [2.45, 2.75) is 38.9 Å². The topological polar surface area (TPSA) is 88.8 Å². The predicted octanol–water partition coefficient (Wildman–Crippen LogP) is 3.41. The van der Waals surface area contributed by atoms with E-state index in [-0.39, 0.29) is 23.5 Å². The number of carbonyl (C=O) groups excluding carboxylic acids is 1. The van der Waals surface area contributed by atoms with E-state index in [9.17, 15) is 18.0 Å². The van der Waals surface area contributed by atoms with Crippen molar-refractivity contribution < 1.29 is 18.0 Å². The second-order valence-electron chi connectivity index (χ2n) is 7.79. The molecular weight excluding hydrogens is 423 g/mol.